The van der Waals surface area contributed by atoms with Gasteiger partial charge < -0.3 is 39.6 Å². The lowest BCUT2D eigenvalue weighted by Gasteiger charge is -2.16. The Balaban J connectivity index is 1.46. The lowest BCUT2D eigenvalue weighted by atomic mass is 10.1. The molecule has 202 valence electrons. The van der Waals surface area contributed by atoms with Crippen LogP contribution in [0.15, 0.2) is 66.9 Å². The number of hydrogen-bond acceptors (Lipinski definition) is 7. The highest BCUT2D eigenvalue weighted by Crippen LogP contribution is 2.34. The van der Waals surface area contributed by atoms with Gasteiger partial charge in [0.25, 0.3) is 0 Å². The Morgan fingerprint density at radius 2 is 1.45 bits per heavy atom. The Morgan fingerprint density at radius 1 is 0.789 bits per heavy atom. The molecule has 1 aromatic heterocycles. The van der Waals surface area contributed by atoms with Crippen LogP contribution in [0.3, 0.4) is 0 Å². The number of aromatic nitrogens is 1. The van der Waals surface area contributed by atoms with Gasteiger partial charge in [0.15, 0.2) is 0 Å². The van der Waals surface area contributed by atoms with E-state index in [4.69, 9.17) is 24.4 Å². The molecule has 0 aliphatic heterocycles. The number of fused-ring (bicyclic) bond motifs is 1. The maximum Gasteiger partial charge on any atom is 0.130 e. The van der Waals surface area contributed by atoms with Gasteiger partial charge in [-0.25, -0.2) is 0 Å². The van der Waals surface area contributed by atoms with Crippen LogP contribution in [0.2, 0.25) is 0 Å². The molecule has 0 fully saturated rings. The van der Waals surface area contributed by atoms with E-state index in [9.17, 15) is 0 Å². The van der Waals surface area contributed by atoms with Gasteiger partial charge in [-0.1, -0.05) is 36.4 Å². The molecule has 0 saturated heterocycles. The molecule has 0 aliphatic rings. The second-order valence-electron chi connectivity index (χ2n) is 9.01. The molecule has 1 heterocycles. The lowest BCUT2D eigenvalue weighted by Crippen LogP contribution is -2.18. The van der Waals surface area contributed by atoms with Gasteiger partial charge in [-0.2, -0.15) is 0 Å². The van der Waals surface area contributed by atoms with E-state index in [2.05, 4.69) is 69.9 Å². The normalized spacial score (nSPS) is 11.2. The SMILES string of the molecule is COc1cc(OCc2cccc3c2ccn3Cc2ccc(CNCCO)cc2)cc(OC)c1CNCCO. The maximum atomic E-state index is 9.06. The van der Waals surface area contributed by atoms with E-state index >= 15 is 0 Å². The van der Waals surface area contributed by atoms with Gasteiger partial charge >= 0.3 is 0 Å². The second kappa shape index (κ2) is 13.8. The minimum Gasteiger partial charge on any atom is -0.496 e. The predicted octanol–water partition coefficient (Wildman–Crippen LogP) is 3.45. The van der Waals surface area contributed by atoms with Crippen LogP contribution in [-0.2, 0) is 26.2 Å². The molecule has 0 unspecified atom stereocenters. The molecular formula is C30H37N3O5. The van der Waals surface area contributed by atoms with E-state index in [0.717, 1.165) is 35.1 Å². The zero-order chi connectivity index (χ0) is 26.7. The Kier molecular flexibility index (Phi) is 10.0. The van der Waals surface area contributed by atoms with Gasteiger partial charge in [-0.3, -0.25) is 0 Å². The highest BCUT2D eigenvalue weighted by atomic mass is 16.5. The maximum absolute atomic E-state index is 9.06. The zero-order valence-electron chi connectivity index (χ0n) is 22.1. The third-order valence-electron chi connectivity index (χ3n) is 6.46. The number of aliphatic hydroxyl groups excluding tert-OH is 2. The number of nitrogens with one attached hydrogen (secondary N) is 2. The highest BCUT2D eigenvalue weighted by Gasteiger charge is 2.14. The van der Waals surface area contributed by atoms with Crippen molar-refractivity contribution in [1.82, 2.24) is 15.2 Å². The van der Waals surface area contributed by atoms with Gasteiger partial charge in [0.1, 0.15) is 23.9 Å². The quantitative estimate of drug-likeness (QED) is 0.179. The van der Waals surface area contributed by atoms with Gasteiger partial charge in [0.2, 0.25) is 0 Å². The summed E-state index contributed by atoms with van der Waals surface area (Å²) in [4.78, 5) is 0. The minimum absolute atomic E-state index is 0.0647. The van der Waals surface area contributed by atoms with Crippen molar-refractivity contribution in [1.29, 1.82) is 0 Å². The number of benzene rings is 3. The molecule has 0 saturated carbocycles. The van der Waals surface area contributed by atoms with Crippen LogP contribution >= 0.6 is 0 Å². The van der Waals surface area contributed by atoms with Crippen molar-refractivity contribution in [2.45, 2.75) is 26.2 Å². The summed E-state index contributed by atoms with van der Waals surface area (Å²) in [5.74, 6) is 2.00. The van der Waals surface area contributed by atoms with Crippen molar-refractivity contribution in [3.8, 4) is 17.2 Å². The summed E-state index contributed by atoms with van der Waals surface area (Å²) in [6.45, 7) is 3.74. The largest absolute Gasteiger partial charge is 0.496 e. The summed E-state index contributed by atoms with van der Waals surface area (Å²) in [6, 6.07) is 20.7. The fourth-order valence-electron chi connectivity index (χ4n) is 4.49. The summed E-state index contributed by atoms with van der Waals surface area (Å²) in [5, 5.41) is 25.5. The number of rotatable bonds is 15. The molecule has 0 atom stereocenters. The van der Waals surface area contributed by atoms with Crippen LogP contribution in [0.4, 0.5) is 0 Å². The van der Waals surface area contributed by atoms with Gasteiger partial charge in [-0.15, -0.1) is 0 Å². The van der Waals surface area contributed by atoms with Crippen molar-refractivity contribution < 1.29 is 24.4 Å². The van der Waals surface area contributed by atoms with Crippen molar-refractivity contribution in [3.63, 3.8) is 0 Å². The van der Waals surface area contributed by atoms with E-state index < -0.39 is 0 Å². The van der Waals surface area contributed by atoms with Crippen molar-refractivity contribution in [2.75, 3.05) is 40.5 Å². The van der Waals surface area contributed by atoms with E-state index in [0.29, 0.717) is 43.5 Å². The number of ether oxygens (including phenoxy) is 3. The van der Waals surface area contributed by atoms with Crippen LogP contribution < -0.4 is 24.8 Å². The first-order valence-corrected chi connectivity index (χ1v) is 12.8. The topological polar surface area (TPSA) is 97.1 Å². The second-order valence-corrected chi connectivity index (χ2v) is 9.01. The molecule has 38 heavy (non-hydrogen) atoms. The third kappa shape index (κ3) is 6.85. The Hall–Kier alpha value is -3.56. The van der Waals surface area contributed by atoms with Gasteiger partial charge in [0.05, 0.1) is 33.0 Å². The Labute approximate surface area is 223 Å². The fourth-order valence-corrected chi connectivity index (χ4v) is 4.49. The van der Waals surface area contributed by atoms with E-state index in [1.54, 1.807) is 14.2 Å². The Bertz CT molecular complexity index is 1280. The van der Waals surface area contributed by atoms with Crippen LogP contribution in [0.25, 0.3) is 10.9 Å². The third-order valence-corrected chi connectivity index (χ3v) is 6.46. The Morgan fingerprint density at radius 3 is 2.11 bits per heavy atom. The van der Waals surface area contributed by atoms with Gasteiger partial charge in [-0.05, 0) is 28.8 Å². The first-order chi connectivity index (χ1) is 18.7. The molecule has 4 aromatic rings. The molecule has 4 N–H and O–H groups in total. The summed E-state index contributed by atoms with van der Waals surface area (Å²) in [5.41, 5.74) is 5.55. The van der Waals surface area contributed by atoms with Crippen LogP contribution in [0.5, 0.6) is 17.2 Å². The fraction of sp³-hybridized carbons (Fsp3) is 0.333. The summed E-state index contributed by atoms with van der Waals surface area (Å²) in [7, 11) is 3.25. The number of methoxy groups -OCH3 is 2. The predicted molar refractivity (Wildman–Crippen MR) is 149 cm³/mol. The first kappa shape index (κ1) is 27.5. The molecule has 0 radical (unpaired) electrons. The minimum atomic E-state index is 0.0647. The molecule has 0 spiro atoms. The van der Waals surface area contributed by atoms with Crippen LogP contribution in [-0.4, -0.2) is 55.3 Å². The average Bonchev–Trinajstić information content (AvgIpc) is 3.36. The molecule has 3 aromatic carbocycles. The van der Waals surface area contributed by atoms with E-state index in [1.807, 2.05) is 12.1 Å². The molecule has 8 nitrogen and oxygen atoms in total. The summed E-state index contributed by atoms with van der Waals surface area (Å²) in [6.07, 6.45) is 2.12. The lowest BCUT2D eigenvalue weighted by molar-refractivity contribution is 0.289. The van der Waals surface area contributed by atoms with Gasteiger partial charge in [0, 0.05) is 62.0 Å². The average molecular weight is 520 g/mol. The number of hydrogen-bond donors (Lipinski definition) is 4. The molecule has 8 heteroatoms. The number of aliphatic hydroxyl groups is 2. The van der Waals surface area contributed by atoms with E-state index in [-0.39, 0.29) is 13.2 Å². The first-order valence-electron chi connectivity index (χ1n) is 12.8. The number of nitrogens with zero attached hydrogens (tertiary/aromatic N) is 1. The smallest absolute Gasteiger partial charge is 0.130 e. The summed E-state index contributed by atoms with van der Waals surface area (Å²) < 4.78 is 19.6. The molecule has 0 aliphatic carbocycles. The molecule has 0 bridgehead atoms. The standard InChI is InChI=1S/C30H37N3O5/c1-36-29-16-25(17-30(37-2)27(29)19-32-12-15-35)38-21-24-4-3-5-28-26(24)10-13-33(28)20-23-8-6-22(7-9-23)18-31-11-14-34/h3-10,13,16-17,31-32,34-35H,11-12,14-15,18-21H2,1-2H3. The van der Waals surface area contributed by atoms with Crippen LogP contribution in [0, 0.1) is 0 Å². The monoisotopic (exact) mass is 519 g/mol. The molecule has 0 amide bonds. The van der Waals surface area contributed by atoms with Crippen molar-refractivity contribution in [3.05, 3.63) is 89.1 Å². The van der Waals surface area contributed by atoms with Crippen LogP contribution in [0.1, 0.15) is 22.3 Å². The van der Waals surface area contributed by atoms with Crippen molar-refractivity contribution in [2.24, 2.45) is 0 Å². The molecule has 4 rings (SSSR count). The highest BCUT2D eigenvalue weighted by molar-refractivity contribution is 5.83. The van der Waals surface area contributed by atoms with E-state index in [1.165, 1.54) is 11.1 Å². The molecular weight excluding hydrogens is 482 g/mol. The summed E-state index contributed by atoms with van der Waals surface area (Å²) >= 11 is 0. The zero-order valence-corrected chi connectivity index (χ0v) is 22.1. The van der Waals surface area contributed by atoms with Crippen molar-refractivity contribution >= 4 is 10.9 Å².